The maximum Gasteiger partial charge on any atom is 0.401 e. The minimum atomic E-state index is -4.60. The summed E-state index contributed by atoms with van der Waals surface area (Å²) in [5.41, 5.74) is 12.2. The Hall–Kier alpha value is -4.60. The van der Waals surface area contributed by atoms with E-state index in [1.165, 1.54) is 0 Å². The van der Waals surface area contributed by atoms with Crippen LogP contribution in [0.3, 0.4) is 0 Å². The fraction of sp³-hybridized carbons (Fsp3) is 0.435. The Labute approximate surface area is 328 Å². The molecule has 0 radical (unpaired) electrons. The van der Waals surface area contributed by atoms with Gasteiger partial charge in [-0.1, -0.05) is 34.6 Å². The number of aryl methyl sites for hydroxylation is 8. The molecular weight excluding hydrogens is 727 g/mol. The summed E-state index contributed by atoms with van der Waals surface area (Å²) in [6.45, 7) is 28.6. The smallest absolute Gasteiger partial charge is 0.401 e. The van der Waals surface area contributed by atoms with Crippen LogP contribution in [0.25, 0.3) is 0 Å². The van der Waals surface area contributed by atoms with E-state index in [0.29, 0.717) is 55.6 Å². The van der Waals surface area contributed by atoms with Crippen LogP contribution in [-0.4, -0.2) is 34.2 Å². The van der Waals surface area contributed by atoms with Gasteiger partial charge in [-0.3, -0.25) is 0 Å². The van der Waals surface area contributed by atoms with Crippen molar-refractivity contribution in [3.8, 4) is 0 Å². The fourth-order valence-corrected chi connectivity index (χ4v) is 7.98. The average molecular weight is 783 g/mol. The van der Waals surface area contributed by atoms with E-state index in [1.54, 1.807) is 55.4 Å². The van der Waals surface area contributed by atoms with Crippen molar-refractivity contribution in [1.82, 2.24) is 0 Å². The van der Waals surface area contributed by atoms with Crippen LogP contribution < -0.4 is 0 Å². The van der Waals surface area contributed by atoms with Crippen molar-refractivity contribution < 1.29 is 36.8 Å². The molecule has 4 aromatic carbocycles. The van der Waals surface area contributed by atoms with Gasteiger partial charge < -0.3 is 10.4 Å². The minimum absolute atomic E-state index is 0.177. The van der Waals surface area contributed by atoms with Gasteiger partial charge in [-0.15, -0.1) is 0 Å². The number of alkyl halides is 6. The van der Waals surface area contributed by atoms with Crippen molar-refractivity contribution in [2.45, 2.75) is 135 Å². The number of rotatable bonds is 6. The number of benzene rings is 4. The molecule has 0 bridgehead atoms. The van der Waals surface area contributed by atoms with Crippen molar-refractivity contribution in [3.63, 3.8) is 0 Å². The molecule has 0 aliphatic rings. The SMILES string of the molecule is Cc1cc(C)c(C)c(/C(=N\O)[C@@H](c2c(C)c(C)cc(C)c2C)C(F)(F)F)c1C.Cc1cc(C)c(C)c(/C(=N\O)[C@H](c2c(C)c(C)cc(C)c2C)C(F)(F)F)c1C. The highest BCUT2D eigenvalue weighted by molar-refractivity contribution is 6.09. The van der Waals surface area contributed by atoms with E-state index in [2.05, 4.69) is 10.3 Å². The highest BCUT2D eigenvalue weighted by atomic mass is 19.4. The van der Waals surface area contributed by atoms with Crippen LogP contribution in [0.4, 0.5) is 26.3 Å². The number of hydrogen-bond acceptors (Lipinski definition) is 4. The standard InChI is InChI=1S/2C23H28F3NO/c2*1-11-9-12(2)16(6)19(15(11)5)21(23(24,25)26)22(27-28)20-17(7)13(3)10-14(4)18(20)8/h2*9-10,21,28H,1-8H3/b2*27-22+/t2*21-/m10/s1. The Morgan fingerprint density at radius 2 is 0.554 bits per heavy atom. The van der Waals surface area contributed by atoms with Crippen molar-refractivity contribution >= 4 is 11.4 Å². The monoisotopic (exact) mass is 782 g/mol. The summed E-state index contributed by atoms with van der Waals surface area (Å²) in [4.78, 5) is 0. The Kier molecular flexibility index (Phi) is 13.8. The van der Waals surface area contributed by atoms with Gasteiger partial charge in [0.2, 0.25) is 0 Å². The van der Waals surface area contributed by atoms with E-state index in [-0.39, 0.29) is 22.6 Å². The van der Waals surface area contributed by atoms with Crippen LogP contribution in [0.5, 0.6) is 0 Å². The first-order chi connectivity index (χ1) is 25.6. The lowest BCUT2D eigenvalue weighted by Crippen LogP contribution is -2.32. The summed E-state index contributed by atoms with van der Waals surface area (Å²) in [5.74, 6) is -4.01. The van der Waals surface area contributed by atoms with E-state index < -0.39 is 24.2 Å². The van der Waals surface area contributed by atoms with Crippen LogP contribution in [0, 0.1) is 111 Å². The predicted molar refractivity (Wildman–Crippen MR) is 216 cm³/mol. The van der Waals surface area contributed by atoms with Gasteiger partial charge in [0.1, 0.15) is 23.3 Å². The third-order valence-corrected chi connectivity index (χ3v) is 12.1. The molecule has 0 unspecified atom stereocenters. The van der Waals surface area contributed by atoms with Crippen molar-refractivity contribution in [1.29, 1.82) is 0 Å². The Bertz CT molecular complexity index is 1960. The van der Waals surface area contributed by atoms with Crippen LogP contribution in [0.2, 0.25) is 0 Å². The van der Waals surface area contributed by atoms with Gasteiger partial charge in [-0.25, -0.2) is 0 Å². The number of nitrogens with zero attached hydrogens (tertiary/aromatic N) is 2. The van der Waals surface area contributed by atoms with Crippen LogP contribution in [0.15, 0.2) is 34.6 Å². The Balaban J connectivity index is 0.000000300. The molecule has 0 aromatic heterocycles. The Morgan fingerprint density at radius 1 is 0.375 bits per heavy atom. The molecule has 0 saturated carbocycles. The second-order valence-corrected chi connectivity index (χ2v) is 15.5. The summed E-state index contributed by atoms with van der Waals surface area (Å²) in [5, 5.41) is 26.1. The zero-order valence-electron chi connectivity index (χ0n) is 35.5. The second-order valence-electron chi connectivity index (χ2n) is 15.5. The molecule has 0 spiro atoms. The van der Waals surface area contributed by atoms with E-state index in [4.69, 9.17) is 0 Å². The third kappa shape index (κ3) is 8.69. The molecule has 4 aromatic rings. The third-order valence-electron chi connectivity index (χ3n) is 12.1. The van der Waals surface area contributed by atoms with Gasteiger partial charge in [0.05, 0.1) is 0 Å². The lowest BCUT2D eigenvalue weighted by Gasteiger charge is -2.29. The normalized spacial score (nSPS) is 13.8. The molecule has 0 heterocycles. The predicted octanol–water partition coefficient (Wildman–Crippen LogP) is 13.4. The quantitative estimate of drug-likeness (QED) is 0.0885. The van der Waals surface area contributed by atoms with E-state index in [1.807, 2.05) is 79.7 Å². The molecular formula is C46H56F6N2O2. The molecule has 4 nitrogen and oxygen atoms in total. The van der Waals surface area contributed by atoms with Gasteiger partial charge >= 0.3 is 12.4 Å². The van der Waals surface area contributed by atoms with Crippen molar-refractivity contribution in [3.05, 3.63) is 136 Å². The highest BCUT2D eigenvalue weighted by Gasteiger charge is 2.49. The lowest BCUT2D eigenvalue weighted by molar-refractivity contribution is -0.136. The van der Waals surface area contributed by atoms with Crippen molar-refractivity contribution in [2.24, 2.45) is 10.3 Å². The lowest BCUT2D eigenvalue weighted by atomic mass is 9.78. The topological polar surface area (TPSA) is 65.2 Å². The first kappa shape index (κ1) is 45.8. The molecule has 56 heavy (non-hydrogen) atoms. The highest BCUT2D eigenvalue weighted by Crippen LogP contribution is 2.45. The summed E-state index contributed by atoms with van der Waals surface area (Å²) in [6.07, 6.45) is -9.21. The van der Waals surface area contributed by atoms with E-state index >= 15 is 0 Å². The van der Waals surface area contributed by atoms with Crippen LogP contribution in [0.1, 0.15) is 123 Å². The van der Waals surface area contributed by atoms with Gasteiger partial charge in [0.25, 0.3) is 0 Å². The van der Waals surface area contributed by atoms with Gasteiger partial charge in [0, 0.05) is 11.1 Å². The first-order valence-electron chi connectivity index (χ1n) is 18.5. The maximum absolute atomic E-state index is 14.4. The molecule has 4 rings (SSSR count). The zero-order chi connectivity index (χ0) is 43.1. The average Bonchev–Trinajstić information content (AvgIpc) is 3.09. The summed E-state index contributed by atoms with van der Waals surface area (Å²) in [7, 11) is 0. The van der Waals surface area contributed by atoms with Gasteiger partial charge in [0.15, 0.2) is 0 Å². The number of oxime groups is 2. The molecule has 0 aliphatic carbocycles. The van der Waals surface area contributed by atoms with Gasteiger partial charge in [-0.2, -0.15) is 26.3 Å². The number of halogens is 6. The minimum Gasteiger partial charge on any atom is -0.411 e. The fourth-order valence-electron chi connectivity index (χ4n) is 7.98. The molecule has 304 valence electrons. The molecule has 0 amide bonds. The van der Waals surface area contributed by atoms with Crippen molar-refractivity contribution in [2.75, 3.05) is 0 Å². The number of hydrogen-bond donors (Lipinski definition) is 2. The summed E-state index contributed by atoms with van der Waals surface area (Å²) < 4.78 is 86.5. The first-order valence-corrected chi connectivity index (χ1v) is 18.5. The molecule has 10 heteroatoms. The molecule has 2 N–H and O–H groups in total. The summed E-state index contributed by atoms with van der Waals surface area (Å²) >= 11 is 0. The Morgan fingerprint density at radius 3 is 0.714 bits per heavy atom. The van der Waals surface area contributed by atoms with E-state index in [9.17, 15) is 36.8 Å². The molecule has 0 saturated heterocycles. The van der Waals surface area contributed by atoms with Gasteiger partial charge in [-0.05, 0) is 211 Å². The molecule has 2 atom stereocenters. The van der Waals surface area contributed by atoms with Crippen LogP contribution in [-0.2, 0) is 0 Å². The molecule has 0 aliphatic heterocycles. The summed E-state index contributed by atoms with van der Waals surface area (Å²) in [6, 6.07) is 7.67. The maximum atomic E-state index is 14.4. The van der Waals surface area contributed by atoms with E-state index in [0.717, 1.165) is 44.5 Å². The largest absolute Gasteiger partial charge is 0.411 e. The molecule has 0 fully saturated rings. The zero-order valence-corrected chi connectivity index (χ0v) is 35.5. The van der Waals surface area contributed by atoms with Crippen LogP contribution >= 0.6 is 0 Å². The second kappa shape index (κ2) is 16.9.